The molecule has 1 amide bonds. The van der Waals surface area contributed by atoms with Gasteiger partial charge in [0, 0.05) is 6.54 Å². The lowest BCUT2D eigenvalue weighted by Gasteiger charge is -2.01. The molecule has 1 aromatic rings. The Morgan fingerprint density at radius 3 is 2.93 bits per heavy atom. The second-order valence-corrected chi connectivity index (χ2v) is 3.45. The van der Waals surface area contributed by atoms with Crippen LogP contribution in [0.5, 0.6) is 0 Å². The van der Waals surface area contributed by atoms with Crippen LogP contribution >= 0.6 is 0 Å². The van der Waals surface area contributed by atoms with Crippen molar-refractivity contribution in [2.45, 2.75) is 26.3 Å². The number of carbonyl (C=O) groups is 1. The molecule has 0 saturated carbocycles. The molecule has 0 fully saturated rings. The highest BCUT2D eigenvalue weighted by molar-refractivity contribution is 5.75. The quantitative estimate of drug-likeness (QED) is 0.531. The lowest BCUT2D eigenvalue weighted by Crippen LogP contribution is -2.29. The fraction of sp³-hybridized carbons (Fsp3) is 0.600. The van der Waals surface area contributed by atoms with Crippen LogP contribution < -0.4 is 9.88 Å². The van der Waals surface area contributed by atoms with Gasteiger partial charge in [0.25, 0.3) is 5.91 Å². The van der Waals surface area contributed by atoms with Crippen LogP contribution in [0.25, 0.3) is 0 Å². The normalized spacial score (nSPS) is 10.1. The Kier molecular flexibility index (Phi) is 4.16. The first-order valence-electron chi connectivity index (χ1n) is 5.00. The Labute approximate surface area is 84.5 Å². The van der Waals surface area contributed by atoms with Crippen molar-refractivity contribution >= 4 is 5.91 Å². The third-order valence-corrected chi connectivity index (χ3v) is 2.00. The molecule has 0 aliphatic carbocycles. The van der Waals surface area contributed by atoms with Gasteiger partial charge in [0.2, 0.25) is 6.33 Å². The van der Waals surface area contributed by atoms with Crippen molar-refractivity contribution in [3.05, 3.63) is 18.7 Å². The number of hydrogen-bond acceptors (Lipinski definition) is 1. The Bertz CT molecular complexity index is 293. The van der Waals surface area contributed by atoms with E-state index in [9.17, 15) is 4.79 Å². The topological polar surface area (TPSA) is 37.9 Å². The van der Waals surface area contributed by atoms with Gasteiger partial charge in [-0.1, -0.05) is 13.3 Å². The van der Waals surface area contributed by atoms with Gasteiger partial charge in [-0.15, -0.1) is 0 Å². The number of carbonyl (C=O) groups excluding carboxylic acids is 1. The summed E-state index contributed by atoms with van der Waals surface area (Å²) < 4.78 is 3.78. The number of aromatic nitrogens is 2. The minimum Gasteiger partial charge on any atom is -0.353 e. The smallest absolute Gasteiger partial charge is 0.262 e. The van der Waals surface area contributed by atoms with Crippen LogP contribution in [0.2, 0.25) is 0 Å². The first-order chi connectivity index (χ1) is 6.72. The molecule has 1 aromatic heterocycles. The summed E-state index contributed by atoms with van der Waals surface area (Å²) >= 11 is 0. The van der Waals surface area contributed by atoms with Crippen molar-refractivity contribution in [2.24, 2.45) is 7.05 Å². The fourth-order valence-electron chi connectivity index (χ4n) is 1.22. The van der Waals surface area contributed by atoms with Gasteiger partial charge in [0.15, 0.2) is 6.54 Å². The maximum absolute atomic E-state index is 11.4. The number of hydrogen-bond donors (Lipinski definition) is 1. The van der Waals surface area contributed by atoms with Gasteiger partial charge in [0.05, 0.1) is 7.05 Å². The zero-order valence-electron chi connectivity index (χ0n) is 8.86. The number of unbranched alkanes of at least 4 members (excludes halogenated alkanes) is 1. The third-order valence-electron chi connectivity index (χ3n) is 2.00. The molecule has 0 spiro atoms. The second-order valence-electron chi connectivity index (χ2n) is 3.45. The van der Waals surface area contributed by atoms with Crippen LogP contribution in [0, 0.1) is 0 Å². The predicted octanol–water partition coefficient (Wildman–Crippen LogP) is 0.229. The van der Waals surface area contributed by atoms with Crippen LogP contribution in [-0.2, 0) is 18.4 Å². The SMILES string of the molecule is CCCCNC(=O)Cn1cc[n+](C)c1. The lowest BCUT2D eigenvalue weighted by atomic mass is 10.3. The molecule has 1 rings (SSSR count). The summed E-state index contributed by atoms with van der Waals surface area (Å²) in [6.45, 7) is 3.30. The van der Waals surface area contributed by atoms with E-state index >= 15 is 0 Å². The van der Waals surface area contributed by atoms with Crippen LogP contribution in [0.15, 0.2) is 18.7 Å². The van der Waals surface area contributed by atoms with E-state index in [2.05, 4.69) is 12.2 Å². The largest absolute Gasteiger partial charge is 0.353 e. The van der Waals surface area contributed by atoms with Gasteiger partial charge < -0.3 is 5.32 Å². The highest BCUT2D eigenvalue weighted by Gasteiger charge is 2.06. The van der Waals surface area contributed by atoms with Gasteiger partial charge in [-0.25, -0.2) is 9.13 Å². The molecule has 0 aliphatic heterocycles. The van der Waals surface area contributed by atoms with Crippen LogP contribution in [0.1, 0.15) is 19.8 Å². The molecule has 0 saturated heterocycles. The van der Waals surface area contributed by atoms with Crippen LogP contribution in [0.3, 0.4) is 0 Å². The Morgan fingerprint density at radius 1 is 1.57 bits per heavy atom. The maximum Gasteiger partial charge on any atom is 0.262 e. The molecule has 0 aromatic carbocycles. The van der Waals surface area contributed by atoms with Crippen molar-refractivity contribution in [2.75, 3.05) is 6.54 Å². The van der Waals surface area contributed by atoms with E-state index in [0.29, 0.717) is 6.54 Å². The summed E-state index contributed by atoms with van der Waals surface area (Å²) in [6.07, 6.45) is 7.85. The zero-order valence-corrected chi connectivity index (χ0v) is 8.86. The summed E-state index contributed by atoms with van der Waals surface area (Å²) in [5.74, 6) is 0.0784. The molecular formula is C10H18N3O+. The van der Waals surface area contributed by atoms with Gasteiger partial charge in [0.1, 0.15) is 12.4 Å². The van der Waals surface area contributed by atoms with E-state index in [-0.39, 0.29) is 5.91 Å². The molecule has 4 nitrogen and oxygen atoms in total. The van der Waals surface area contributed by atoms with E-state index in [1.165, 1.54) is 0 Å². The number of aryl methyl sites for hydroxylation is 1. The fourth-order valence-corrected chi connectivity index (χ4v) is 1.22. The van der Waals surface area contributed by atoms with Crippen molar-refractivity contribution in [1.29, 1.82) is 0 Å². The minimum atomic E-state index is 0.0784. The van der Waals surface area contributed by atoms with Gasteiger partial charge in [-0.3, -0.25) is 4.79 Å². The molecule has 0 atom stereocenters. The first-order valence-corrected chi connectivity index (χ1v) is 5.00. The molecule has 14 heavy (non-hydrogen) atoms. The standard InChI is InChI=1S/C10H17N3O/c1-3-4-5-11-10(14)8-13-7-6-12(2)9-13/h6-7,9H,3-5,8H2,1-2H3/p+1. The summed E-state index contributed by atoms with van der Waals surface area (Å²) in [5, 5.41) is 2.87. The maximum atomic E-state index is 11.4. The Hall–Kier alpha value is -1.32. The molecule has 0 radical (unpaired) electrons. The Morgan fingerprint density at radius 2 is 2.36 bits per heavy atom. The van der Waals surface area contributed by atoms with Crippen LogP contribution in [0.4, 0.5) is 0 Å². The van der Waals surface area contributed by atoms with Crippen molar-refractivity contribution in [3.63, 3.8) is 0 Å². The van der Waals surface area contributed by atoms with Gasteiger partial charge in [-0.05, 0) is 6.42 Å². The molecule has 0 bridgehead atoms. The average Bonchev–Trinajstić information content (AvgIpc) is 2.52. The zero-order chi connectivity index (χ0) is 10.4. The van der Waals surface area contributed by atoms with E-state index < -0.39 is 0 Å². The van der Waals surface area contributed by atoms with Crippen molar-refractivity contribution in [1.82, 2.24) is 9.88 Å². The highest BCUT2D eigenvalue weighted by atomic mass is 16.1. The summed E-state index contributed by atoms with van der Waals surface area (Å²) in [5.41, 5.74) is 0. The molecule has 1 N–H and O–H groups in total. The second kappa shape index (κ2) is 5.42. The predicted molar refractivity (Wildman–Crippen MR) is 53.5 cm³/mol. The summed E-state index contributed by atoms with van der Waals surface area (Å²) in [4.78, 5) is 11.4. The number of rotatable bonds is 5. The molecule has 0 unspecified atom stereocenters. The molecular weight excluding hydrogens is 178 g/mol. The van der Waals surface area contributed by atoms with Crippen molar-refractivity contribution in [3.8, 4) is 0 Å². The highest BCUT2D eigenvalue weighted by Crippen LogP contribution is 1.86. The number of imidazole rings is 1. The first kappa shape index (κ1) is 10.8. The number of amides is 1. The third kappa shape index (κ3) is 3.60. The summed E-state index contributed by atoms with van der Waals surface area (Å²) in [6, 6.07) is 0. The van der Waals surface area contributed by atoms with E-state index in [1.807, 2.05) is 34.9 Å². The molecule has 1 heterocycles. The molecule has 78 valence electrons. The Balaban J connectivity index is 2.27. The number of nitrogens with one attached hydrogen (secondary N) is 1. The lowest BCUT2D eigenvalue weighted by molar-refractivity contribution is -0.671. The van der Waals surface area contributed by atoms with Crippen LogP contribution in [-0.4, -0.2) is 17.0 Å². The van der Waals surface area contributed by atoms with Gasteiger partial charge >= 0.3 is 0 Å². The van der Waals surface area contributed by atoms with E-state index in [1.54, 1.807) is 0 Å². The van der Waals surface area contributed by atoms with E-state index in [4.69, 9.17) is 0 Å². The summed E-state index contributed by atoms with van der Waals surface area (Å²) in [7, 11) is 1.94. The number of nitrogens with zero attached hydrogens (tertiary/aromatic N) is 2. The monoisotopic (exact) mass is 196 g/mol. The van der Waals surface area contributed by atoms with Crippen molar-refractivity contribution < 1.29 is 9.36 Å². The van der Waals surface area contributed by atoms with E-state index in [0.717, 1.165) is 19.4 Å². The molecule has 4 heteroatoms. The average molecular weight is 196 g/mol. The van der Waals surface area contributed by atoms with Gasteiger partial charge in [-0.2, -0.15) is 0 Å². The molecule has 0 aliphatic rings. The minimum absolute atomic E-state index is 0.0784.